The molecule has 0 atom stereocenters. The number of carbonyl (C=O) groups excluding carboxylic acids is 2. The van der Waals surface area contributed by atoms with Gasteiger partial charge in [-0.15, -0.1) is 0 Å². The number of rotatable bonds is 7. The number of anilines is 1. The van der Waals surface area contributed by atoms with E-state index in [1.807, 2.05) is 0 Å². The summed E-state index contributed by atoms with van der Waals surface area (Å²) in [6, 6.07) is 9.14. The molecule has 228 valence electrons. The molecule has 1 N–H and O–H groups in total. The van der Waals surface area contributed by atoms with Crippen molar-refractivity contribution in [2.45, 2.75) is 56.9 Å². The monoisotopic (exact) mass is 604 g/mol. The lowest BCUT2D eigenvalue weighted by Gasteiger charge is -2.33. The van der Waals surface area contributed by atoms with Crippen molar-refractivity contribution in [1.82, 2.24) is 14.5 Å². The number of pyridine rings is 3. The van der Waals surface area contributed by atoms with Gasteiger partial charge in [0.2, 0.25) is 5.92 Å². The number of aromatic nitrogens is 3. The van der Waals surface area contributed by atoms with Gasteiger partial charge >= 0.3 is 0 Å². The highest BCUT2D eigenvalue weighted by molar-refractivity contribution is 6.06. The lowest BCUT2D eigenvalue weighted by atomic mass is 9.88. The number of nitrogens with one attached hydrogen (secondary N) is 1. The third-order valence-electron chi connectivity index (χ3n) is 8.17. The fraction of sp³-hybridized carbons (Fsp3) is 0.344. The summed E-state index contributed by atoms with van der Waals surface area (Å²) in [5.41, 5.74) is 0.633. The van der Waals surface area contributed by atoms with Crippen LogP contribution in [-0.2, 0) is 6.42 Å². The zero-order valence-corrected chi connectivity index (χ0v) is 24.2. The topological polar surface area (TPSA) is 122 Å². The van der Waals surface area contributed by atoms with Crippen LogP contribution in [0.5, 0.6) is 23.0 Å². The first-order chi connectivity index (χ1) is 21.2. The predicted octanol–water partition coefficient (Wildman–Crippen LogP) is 6.12. The first kappa shape index (κ1) is 29.2. The number of fused-ring (bicyclic) bond motifs is 2. The van der Waals surface area contributed by atoms with Gasteiger partial charge in [-0.2, -0.15) is 0 Å². The number of alkyl halides is 2. The van der Waals surface area contributed by atoms with Crippen molar-refractivity contribution in [2.24, 2.45) is 0 Å². The van der Waals surface area contributed by atoms with Gasteiger partial charge in [-0.05, 0) is 56.0 Å². The number of Topliss-reactive ketones (excluding diaryl/α,β-unsaturated/α-hetero) is 1. The molecule has 1 saturated carbocycles. The van der Waals surface area contributed by atoms with Crippen molar-refractivity contribution in [3.05, 3.63) is 76.0 Å². The van der Waals surface area contributed by atoms with E-state index in [0.717, 1.165) is 0 Å². The molecule has 1 amide bonds. The molecule has 1 fully saturated rings. The summed E-state index contributed by atoms with van der Waals surface area (Å²) >= 11 is 0. The van der Waals surface area contributed by atoms with E-state index in [1.165, 1.54) is 37.1 Å². The van der Waals surface area contributed by atoms with Gasteiger partial charge in [0, 0.05) is 54.2 Å². The van der Waals surface area contributed by atoms with Crippen LogP contribution in [0.1, 0.15) is 71.0 Å². The minimum absolute atomic E-state index is 0.0920. The molecule has 3 aromatic heterocycles. The summed E-state index contributed by atoms with van der Waals surface area (Å²) in [7, 11) is 3.07. The van der Waals surface area contributed by atoms with Gasteiger partial charge < -0.3 is 24.1 Å². The summed E-state index contributed by atoms with van der Waals surface area (Å²) < 4.78 is 46.0. The smallest absolute Gasteiger partial charge is 0.263 e. The van der Waals surface area contributed by atoms with E-state index in [2.05, 4.69) is 15.3 Å². The highest BCUT2D eigenvalue weighted by Crippen LogP contribution is 2.40. The molecule has 1 aromatic carbocycles. The van der Waals surface area contributed by atoms with Crippen molar-refractivity contribution in [2.75, 3.05) is 19.5 Å². The first-order valence-electron chi connectivity index (χ1n) is 14.3. The third kappa shape index (κ3) is 5.59. The number of ketones is 1. The molecule has 4 aromatic rings. The van der Waals surface area contributed by atoms with Gasteiger partial charge in [0.1, 0.15) is 22.9 Å². The highest BCUT2D eigenvalue weighted by Gasteiger charge is 2.38. The Morgan fingerprint density at radius 3 is 2.43 bits per heavy atom. The second-order valence-electron chi connectivity index (χ2n) is 10.9. The Morgan fingerprint density at radius 1 is 0.977 bits per heavy atom. The van der Waals surface area contributed by atoms with Crippen LogP contribution < -0.4 is 25.1 Å². The number of halogens is 2. The molecule has 0 bridgehead atoms. The van der Waals surface area contributed by atoms with Crippen LogP contribution in [0.2, 0.25) is 0 Å². The van der Waals surface area contributed by atoms with Crippen LogP contribution >= 0.6 is 0 Å². The van der Waals surface area contributed by atoms with E-state index in [4.69, 9.17) is 14.2 Å². The highest BCUT2D eigenvalue weighted by atomic mass is 19.3. The minimum atomic E-state index is -2.78. The molecule has 2 aliphatic carbocycles. The van der Waals surface area contributed by atoms with Crippen LogP contribution in [0.4, 0.5) is 14.6 Å². The number of amides is 1. The maximum Gasteiger partial charge on any atom is 0.263 e. The van der Waals surface area contributed by atoms with E-state index >= 15 is 0 Å². The normalized spacial score (nSPS) is 16.3. The molecule has 0 saturated heterocycles. The Morgan fingerprint density at radius 2 is 1.73 bits per heavy atom. The summed E-state index contributed by atoms with van der Waals surface area (Å²) in [6.07, 6.45) is 3.84. The quantitative estimate of drug-likeness (QED) is 0.268. The molecule has 0 spiro atoms. The van der Waals surface area contributed by atoms with E-state index in [-0.39, 0.29) is 42.8 Å². The fourth-order valence-corrected chi connectivity index (χ4v) is 5.91. The SMILES string of the molecule is COc1cc2nccc(Oc3ccc(NC(=O)c4cc5c(n(C6CCC(F)(F)CC6)c4=O)CCCC5=O)nc3)c2cc1OC. The van der Waals surface area contributed by atoms with Gasteiger partial charge in [-0.3, -0.25) is 19.4 Å². The average molecular weight is 605 g/mol. The number of hydrogen-bond acceptors (Lipinski definition) is 8. The number of hydrogen-bond donors (Lipinski definition) is 1. The van der Waals surface area contributed by atoms with Crippen molar-refractivity contribution >= 4 is 28.4 Å². The Hall–Kier alpha value is -4.87. The van der Waals surface area contributed by atoms with E-state index in [9.17, 15) is 23.2 Å². The summed E-state index contributed by atoms with van der Waals surface area (Å²) in [5.74, 6) is -1.63. The zero-order valence-electron chi connectivity index (χ0n) is 24.2. The van der Waals surface area contributed by atoms with Crippen LogP contribution in [0, 0.1) is 0 Å². The van der Waals surface area contributed by atoms with Gasteiger partial charge in [-0.1, -0.05) is 0 Å². The zero-order chi connectivity index (χ0) is 31.0. The van der Waals surface area contributed by atoms with Crippen molar-refractivity contribution in [1.29, 1.82) is 0 Å². The number of methoxy groups -OCH3 is 2. The molecule has 6 rings (SSSR count). The number of nitrogens with zero attached hydrogens (tertiary/aromatic N) is 3. The Balaban J connectivity index is 1.25. The maximum absolute atomic E-state index is 13.9. The van der Waals surface area contributed by atoms with Gasteiger partial charge in [0.05, 0.1) is 25.9 Å². The molecule has 0 aliphatic heterocycles. The predicted molar refractivity (Wildman–Crippen MR) is 158 cm³/mol. The lowest BCUT2D eigenvalue weighted by molar-refractivity contribution is -0.0445. The molecule has 10 nitrogen and oxygen atoms in total. The Kier molecular flexibility index (Phi) is 7.74. The van der Waals surface area contributed by atoms with Crippen molar-refractivity contribution in [3.8, 4) is 23.0 Å². The maximum atomic E-state index is 13.9. The second kappa shape index (κ2) is 11.7. The molecule has 12 heteroatoms. The van der Waals surface area contributed by atoms with Crippen LogP contribution in [0.15, 0.2) is 53.6 Å². The standard InChI is InChI=1S/C32H30F2N4O6/c1-42-27-15-20-23(16-28(27)43-2)35-13-10-26(20)44-19-6-7-29(36-17-19)37-30(40)22-14-21-24(4-3-5-25(21)39)38(31(22)41)18-8-11-32(33,34)12-9-18/h6-7,10,13-18H,3-5,8-9,11-12H2,1-2H3,(H,36,37,40). The van der Waals surface area contributed by atoms with E-state index in [1.54, 1.807) is 30.5 Å². The lowest BCUT2D eigenvalue weighted by Crippen LogP contribution is -2.39. The van der Waals surface area contributed by atoms with E-state index in [0.29, 0.717) is 64.4 Å². The minimum Gasteiger partial charge on any atom is -0.493 e. The number of benzene rings is 1. The molecule has 2 aliphatic rings. The fourth-order valence-electron chi connectivity index (χ4n) is 5.91. The molecule has 0 radical (unpaired) electrons. The summed E-state index contributed by atoms with van der Waals surface area (Å²) in [6.45, 7) is 0. The van der Waals surface area contributed by atoms with Crippen molar-refractivity contribution in [3.63, 3.8) is 0 Å². The van der Waals surface area contributed by atoms with E-state index < -0.39 is 23.4 Å². The Bertz CT molecular complexity index is 1810. The summed E-state index contributed by atoms with van der Waals surface area (Å²) in [4.78, 5) is 48.4. The second-order valence-corrected chi connectivity index (χ2v) is 10.9. The summed E-state index contributed by atoms with van der Waals surface area (Å²) in [5, 5.41) is 3.30. The third-order valence-corrected chi connectivity index (χ3v) is 8.17. The van der Waals surface area contributed by atoms with Crippen LogP contribution in [0.25, 0.3) is 10.9 Å². The molecule has 0 unspecified atom stereocenters. The average Bonchev–Trinajstić information content (AvgIpc) is 3.01. The molecular formula is C32H30F2N4O6. The first-order valence-corrected chi connectivity index (χ1v) is 14.3. The molecule has 44 heavy (non-hydrogen) atoms. The molecular weight excluding hydrogens is 574 g/mol. The Labute approximate surface area is 251 Å². The van der Waals surface area contributed by atoms with Gasteiger partial charge in [0.15, 0.2) is 17.3 Å². The number of carbonyl (C=O) groups is 2. The largest absolute Gasteiger partial charge is 0.493 e. The molecule has 3 heterocycles. The van der Waals surface area contributed by atoms with Gasteiger partial charge in [-0.25, -0.2) is 13.8 Å². The number of ether oxygens (including phenoxy) is 3. The van der Waals surface area contributed by atoms with Crippen molar-refractivity contribution < 1.29 is 32.6 Å². The van der Waals surface area contributed by atoms with Gasteiger partial charge in [0.25, 0.3) is 11.5 Å². The van der Waals surface area contributed by atoms with Crippen LogP contribution in [0.3, 0.4) is 0 Å². The van der Waals surface area contributed by atoms with Crippen LogP contribution in [-0.4, -0.2) is 46.4 Å².